The largest absolute Gasteiger partial charge is 0.707 e. The first-order valence-corrected chi connectivity index (χ1v) is 5.48. The van der Waals surface area contributed by atoms with E-state index in [1.165, 1.54) is 12.1 Å². The minimum absolute atomic E-state index is 0.141. The zero-order valence-corrected chi connectivity index (χ0v) is 9.84. The number of azo groups is 1. The molecule has 0 unspecified atom stereocenters. The normalized spacial score (nSPS) is 10.6. The molecule has 0 bridgehead atoms. The Kier molecular flexibility index (Phi) is 4.12. The highest BCUT2D eigenvalue weighted by atomic mass is 16.6. The molecule has 0 aliphatic rings. The predicted octanol–water partition coefficient (Wildman–Crippen LogP) is 2.16. The van der Waals surface area contributed by atoms with Crippen LogP contribution in [0.25, 0.3) is 0 Å². The summed E-state index contributed by atoms with van der Waals surface area (Å²) in [7, 11) is -2.04. The van der Waals surface area contributed by atoms with E-state index >= 15 is 0 Å². The van der Waals surface area contributed by atoms with E-state index in [0.717, 1.165) is 0 Å². The number of phenols is 1. The maximum Gasteiger partial charge on any atom is 0.707 e. The van der Waals surface area contributed by atoms with Crippen molar-refractivity contribution in [3.63, 3.8) is 0 Å². The van der Waals surface area contributed by atoms with E-state index in [9.17, 15) is 5.11 Å². The minimum atomic E-state index is -2.04. The van der Waals surface area contributed by atoms with Gasteiger partial charge in [-0.3, -0.25) is 0 Å². The number of hydrogen-bond donors (Lipinski definition) is 3. The maximum absolute atomic E-state index is 9.59. The standard InChI is InChI=1S/C12H11BN2O4/c16-11-8-4-7-10(12(11)19-13(17)18)15-14-9-5-2-1-3-6-9/h1-8,16-18H. The van der Waals surface area contributed by atoms with Crippen LogP contribution in [0.4, 0.5) is 11.4 Å². The van der Waals surface area contributed by atoms with Crippen molar-refractivity contribution in [1.29, 1.82) is 0 Å². The van der Waals surface area contributed by atoms with Gasteiger partial charge in [0.25, 0.3) is 0 Å². The summed E-state index contributed by atoms with van der Waals surface area (Å²) in [6.45, 7) is 0. The zero-order chi connectivity index (χ0) is 13.7. The fourth-order valence-electron chi connectivity index (χ4n) is 1.42. The van der Waals surface area contributed by atoms with Crippen LogP contribution in [0.1, 0.15) is 0 Å². The van der Waals surface area contributed by atoms with Crippen LogP contribution in [0, 0.1) is 0 Å². The molecular weight excluding hydrogens is 247 g/mol. The molecule has 0 radical (unpaired) electrons. The predicted molar refractivity (Wildman–Crippen MR) is 69.5 cm³/mol. The van der Waals surface area contributed by atoms with Gasteiger partial charge in [0.15, 0.2) is 11.5 Å². The Hall–Kier alpha value is -2.38. The first-order valence-electron chi connectivity index (χ1n) is 5.48. The van der Waals surface area contributed by atoms with Gasteiger partial charge in [-0.05, 0) is 24.3 Å². The molecule has 0 spiro atoms. The lowest BCUT2D eigenvalue weighted by atomic mass is 10.2. The zero-order valence-electron chi connectivity index (χ0n) is 9.84. The molecule has 6 nitrogen and oxygen atoms in total. The number of phenolic OH excluding ortho intramolecular Hbond substituents is 1. The summed E-state index contributed by atoms with van der Waals surface area (Å²) in [5.41, 5.74) is 0.818. The summed E-state index contributed by atoms with van der Waals surface area (Å²) in [4.78, 5) is 0. The first kappa shape index (κ1) is 13.1. The molecule has 0 heterocycles. The van der Waals surface area contributed by atoms with Crippen LogP contribution in [-0.2, 0) is 0 Å². The van der Waals surface area contributed by atoms with E-state index in [2.05, 4.69) is 14.9 Å². The van der Waals surface area contributed by atoms with Gasteiger partial charge in [0.1, 0.15) is 5.69 Å². The molecule has 2 aromatic carbocycles. The van der Waals surface area contributed by atoms with Crippen LogP contribution < -0.4 is 4.65 Å². The van der Waals surface area contributed by atoms with Crippen LogP contribution in [0.2, 0.25) is 0 Å². The quantitative estimate of drug-likeness (QED) is 0.578. The molecule has 2 aromatic rings. The molecule has 0 aromatic heterocycles. The van der Waals surface area contributed by atoms with Crippen LogP contribution in [0.15, 0.2) is 58.8 Å². The third-order valence-electron chi connectivity index (χ3n) is 2.23. The Morgan fingerprint density at radius 3 is 2.32 bits per heavy atom. The van der Waals surface area contributed by atoms with E-state index in [1.807, 2.05) is 18.2 Å². The Morgan fingerprint density at radius 1 is 0.895 bits per heavy atom. The Balaban J connectivity index is 2.29. The number of aromatic hydroxyl groups is 1. The molecule has 0 fully saturated rings. The van der Waals surface area contributed by atoms with Crippen molar-refractivity contribution in [2.75, 3.05) is 0 Å². The van der Waals surface area contributed by atoms with Gasteiger partial charge in [-0.25, -0.2) is 0 Å². The lowest BCUT2D eigenvalue weighted by Crippen LogP contribution is -2.20. The lowest BCUT2D eigenvalue weighted by molar-refractivity contribution is 0.281. The van der Waals surface area contributed by atoms with E-state index in [4.69, 9.17) is 10.0 Å². The third kappa shape index (κ3) is 3.54. The van der Waals surface area contributed by atoms with Gasteiger partial charge in [-0.2, -0.15) is 5.11 Å². The molecule has 0 aliphatic carbocycles. The summed E-state index contributed by atoms with van der Waals surface area (Å²) in [5.74, 6) is -0.394. The summed E-state index contributed by atoms with van der Waals surface area (Å²) in [6.07, 6.45) is 0. The molecule has 19 heavy (non-hydrogen) atoms. The van der Waals surface area contributed by atoms with Gasteiger partial charge >= 0.3 is 7.32 Å². The highest BCUT2D eigenvalue weighted by molar-refractivity contribution is 6.34. The SMILES string of the molecule is OB(O)Oc1c(O)cccc1N=Nc1ccccc1. The van der Waals surface area contributed by atoms with E-state index in [0.29, 0.717) is 5.69 Å². The highest BCUT2D eigenvalue weighted by Gasteiger charge is 2.17. The molecular formula is C12H11BN2O4. The smallest absolute Gasteiger partial charge is 0.507 e. The number of hydrogen-bond acceptors (Lipinski definition) is 6. The number of rotatable bonds is 4. The average Bonchev–Trinajstić information content (AvgIpc) is 2.40. The Morgan fingerprint density at radius 2 is 1.63 bits per heavy atom. The van der Waals surface area contributed by atoms with Crippen LogP contribution in [-0.4, -0.2) is 22.5 Å². The molecule has 0 aliphatic heterocycles. The van der Waals surface area contributed by atoms with Crippen molar-refractivity contribution in [3.8, 4) is 11.5 Å². The van der Waals surface area contributed by atoms with Gasteiger partial charge in [0, 0.05) is 0 Å². The number of benzene rings is 2. The van der Waals surface area contributed by atoms with Crippen molar-refractivity contribution in [2.24, 2.45) is 10.2 Å². The lowest BCUT2D eigenvalue weighted by Gasteiger charge is -2.08. The van der Waals surface area contributed by atoms with Crippen LogP contribution in [0.3, 0.4) is 0 Å². The van der Waals surface area contributed by atoms with E-state index < -0.39 is 7.32 Å². The van der Waals surface area contributed by atoms with Crippen LogP contribution in [0.5, 0.6) is 11.5 Å². The second-order valence-corrected chi connectivity index (χ2v) is 3.61. The summed E-state index contributed by atoms with van der Waals surface area (Å²) < 4.78 is 4.67. The second-order valence-electron chi connectivity index (χ2n) is 3.61. The molecule has 0 saturated heterocycles. The Labute approximate surface area is 109 Å². The molecule has 2 rings (SSSR count). The fraction of sp³-hybridized carbons (Fsp3) is 0. The molecule has 0 saturated carbocycles. The van der Waals surface area contributed by atoms with Crippen molar-refractivity contribution < 1.29 is 19.8 Å². The molecule has 7 heteroatoms. The van der Waals surface area contributed by atoms with E-state index in [-0.39, 0.29) is 17.2 Å². The third-order valence-corrected chi connectivity index (χ3v) is 2.23. The summed E-state index contributed by atoms with van der Waals surface area (Å²) in [5, 5.41) is 35.0. The second kappa shape index (κ2) is 5.99. The fourth-order valence-corrected chi connectivity index (χ4v) is 1.42. The van der Waals surface area contributed by atoms with E-state index in [1.54, 1.807) is 18.2 Å². The Bertz CT molecular complexity index is 575. The summed E-state index contributed by atoms with van der Waals surface area (Å²) >= 11 is 0. The van der Waals surface area contributed by atoms with Crippen molar-refractivity contribution >= 4 is 18.7 Å². The van der Waals surface area contributed by atoms with Crippen molar-refractivity contribution in [3.05, 3.63) is 48.5 Å². The van der Waals surface area contributed by atoms with Crippen molar-refractivity contribution in [2.45, 2.75) is 0 Å². The molecule has 96 valence electrons. The molecule has 3 N–H and O–H groups in total. The molecule has 0 atom stereocenters. The van der Waals surface area contributed by atoms with Gasteiger partial charge in [-0.1, -0.05) is 24.3 Å². The topological polar surface area (TPSA) is 94.6 Å². The number of nitrogens with zero attached hydrogens (tertiary/aromatic N) is 2. The highest BCUT2D eigenvalue weighted by Crippen LogP contribution is 2.37. The van der Waals surface area contributed by atoms with Gasteiger partial charge < -0.3 is 19.8 Å². The van der Waals surface area contributed by atoms with Crippen molar-refractivity contribution in [1.82, 2.24) is 0 Å². The van der Waals surface area contributed by atoms with Gasteiger partial charge in [0.05, 0.1) is 5.69 Å². The van der Waals surface area contributed by atoms with Gasteiger partial charge in [0.2, 0.25) is 0 Å². The van der Waals surface area contributed by atoms with Crippen LogP contribution >= 0.6 is 0 Å². The minimum Gasteiger partial charge on any atom is -0.507 e. The number of para-hydroxylation sites is 1. The summed E-state index contributed by atoms with van der Waals surface area (Å²) in [6, 6.07) is 13.4. The molecule has 0 amide bonds. The first-order chi connectivity index (χ1) is 9.16. The van der Waals surface area contributed by atoms with Gasteiger partial charge in [-0.15, -0.1) is 5.11 Å². The monoisotopic (exact) mass is 258 g/mol. The average molecular weight is 258 g/mol. The maximum atomic E-state index is 9.59.